The summed E-state index contributed by atoms with van der Waals surface area (Å²) in [6.07, 6.45) is 0. The number of thiazole rings is 1. The van der Waals surface area contributed by atoms with Gasteiger partial charge in [-0.25, -0.2) is 15.2 Å². The van der Waals surface area contributed by atoms with Crippen molar-refractivity contribution in [1.29, 1.82) is 5.41 Å². The fourth-order valence-electron chi connectivity index (χ4n) is 2.09. The lowest BCUT2D eigenvalue weighted by Crippen LogP contribution is -2.32. The van der Waals surface area contributed by atoms with E-state index in [-0.39, 0.29) is 24.0 Å². The maximum Gasteiger partial charge on any atom is 0.171 e. The molecule has 102 valence electrons. The summed E-state index contributed by atoms with van der Waals surface area (Å²) >= 11 is 1.31. The molecule has 0 saturated carbocycles. The largest absolute Gasteiger partial charge is 0.296 e. The van der Waals surface area contributed by atoms with Gasteiger partial charge in [-0.3, -0.25) is 15.2 Å². The van der Waals surface area contributed by atoms with Gasteiger partial charge in [0.25, 0.3) is 0 Å². The summed E-state index contributed by atoms with van der Waals surface area (Å²) in [5, 5.41) is 11.3. The van der Waals surface area contributed by atoms with Crippen molar-refractivity contribution in [2.45, 2.75) is 5.92 Å². The van der Waals surface area contributed by atoms with Crippen LogP contribution in [0.25, 0.3) is 11.3 Å². The number of nitrogens with one attached hydrogen (secondary N) is 1. The number of carbonyl (C=O) groups excluding carboxylic acids is 1. The van der Waals surface area contributed by atoms with Crippen LogP contribution >= 0.6 is 11.3 Å². The minimum atomic E-state index is -0.681. The normalized spacial score (nSPS) is 18.9. The number of ketones is 1. The lowest BCUT2D eigenvalue weighted by atomic mass is 10.1. The number of hydrazine groups is 1. The molecule has 20 heavy (non-hydrogen) atoms. The molecule has 5 nitrogen and oxygen atoms in total. The fraction of sp³-hybridized carbons (Fsp3) is 0.154. The number of halogens is 1. The summed E-state index contributed by atoms with van der Waals surface area (Å²) in [4.78, 5) is 16.2. The molecule has 2 aromatic rings. The Morgan fingerprint density at radius 2 is 2.10 bits per heavy atom. The molecule has 1 aliphatic rings. The van der Waals surface area contributed by atoms with E-state index in [9.17, 15) is 9.18 Å². The fourth-order valence-corrected chi connectivity index (χ4v) is 3.04. The third-order valence-corrected chi connectivity index (χ3v) is 4.05. The first-order chi connectivity index (χ1) is 9.56. The molecule has 0 bridgehead atoms. The zero-order valence-electron chi connectivity index (χ0n) is 10.3. The lowest BCUT2D eigenvalue weighted by Gasteiger charge is -2.09. The number of carbonyl (C=O) groups is 1. The van der Waals surface area contributed by atoms with E-state index in [1.54, 1.807) is 17.5 Å². The Bertz CT molecular complexity index is 682. The van der Waals surface area contributed by atoms with Crippen LogP contribution in [0.5, 0.6) is 0 Å². The first kappa shape index (κ1) is 12.9. The number of amidine groups is 1. The van der Waals surface area contributed by atoms with Crippen LogP contribution in [-0.2, 0) is 4.79 Å². The van der Waals surface area contributed by atoms with Crippen LogP contribution in [0.3, 0.4) is 0 Å². The third-order valence-electron chi connectivity index (χ3n) is 3.14. The molecule has 1 unspecified atom stereocenters. The Balaban J connectivity index is 1.93. The van der Waals surface area contributed by atoms with Gasteiger partial charge in [0.1, 0.15) is 22.6 Å². The molecule has 1 aliphatic heterocycles. The Labute approximate surface area is 118 Å². The molecule has 0 aliphatic carbocycles. The zero-order chi connectivity index (χ0) is 14.3. The summed E-state index contributed by atoms with van der Waals surface area (Å²) in [7, 11) is 0. The molecular formula is C13H11FN4OS. The van der Waals surface area contributed by atoms with Crippen LogP contribution in [0.15, 0.2) is 29.6 Å². The average molecular weight is 290 g/mol. The predicted octanol–water partition coefficient (Wildman–Crippen LogP) is 1.77. The molecule has 1 fully saturated rings. The molecule has 0 spiro atoms. The maximum atomic E-state index is 12.9. The number of benzene rings is 1. The van der Waals surface area contributed by atoms with E-state index < -0.39 is 5.92 Å². The van der Waals surface area contributed by atoms with Crippen molar-refractivity contribution in [2.75, 3.05) is 6.54 Å². The molecule has 0 amide bonds. The second-order valence-electron chi connectivity index (χ2n) is 4.49. The number of aromatic nitrogens is 1. The number of nitrogens with zero attached hydrogens (tertiary/aromatic N) is 2. The standard InChI is InChI=1S/C13H11FN4OS/c14-8-3-1-7(2-4-8)9-6-20-13(17-9)11-10(19)5-18(16)12(11)15/h1-4,6,11,15H,5,16H2. The zero-order valence-corrected chi connectivity index (χ0v) is 11.2. The average Bonchev–Trinajstić information content (AvgIpc) is 2.97. The van der Waals surface area contributed by atoms with Gasteiger partial charge in [-0.15, -0.1) is 11.3 Å². The molecule has 1 atom stereocenters. The van der Waals surface area contributed by atoms with E-state index in [4.69, 9.17) is 11.3 Å². The highest BCUT2D eigenvalue weighted by Crippen LogP contribution is 2.30. The monoisotopic (exact) mass is 290 g/mol. The highest BCUT2D eigenvalue weighted by molar-refractivity contribution is 7.10. The molecule has 1 saturated heterocycles. The molecule has 0 radical (unpaired) electrons. The second-order valence-corrected chi connectivity index (χ2v) is 5.38. The Morgan fingerprint density at radius 1 is 1.40 bits per heavy atom. The second kappa shape index (κ2) is 4.77. The maximum absolute atomic E-state index is 12.9. The minimum Gasteiger partial charge on any atom is -0.296 e. The minimum absolute atomic E-state index is 0.0367. The predicted molar refractivity (Wildman–Crippen MR) is 73.9 cm³/mol. The van der Waals surface area contributed by atoms with Crippen molar-refractivity contribution >= 4 is 23.0 Å². The third kappa shape index (κ3) is 2.10. The highest BCUT2D eigenvalue weighted by Gasteiger charge is 2.37. The van der Waals surface area contributed by atoms with Gasteiger partial charge in [0.2, 0.25) is 0 Å². The number of hydrogen-bond donors (Lipinski definition) is 2. The van der Waals surface area contributed by atoms with Crippen LogP contribution in [0.2, 0.25) is 0 Å². The van der Waals surface area contributed by atoms with Crippen molar-refractivity contribution < 1.29 is 9.18 Å². The van der Waals surface area contributed by atoms with Gasteiger partial charge in [-0.2, -0.15) is 0 Å². The van der Waals surface area contributed by atoms with Crippen molar-refractivity contribution in [3.8, 4) is 11.3 Å². The Morgan fingerprint density at radius 3 is 2.70 bits per heavy atom. The van der Waals surface area contributed by atoms with E-state index in [2.05, 4.69) is 4.98 Å². The summed E-state index contributed by atoms with van der Waals surface area (Å²) in [6, 6.07) is 5.98. The van der Waals surface area contributed by atoms with Gasteiger partial charge in [0.15, 0.2) is 5.78 Å². The summed E-state index contributed by atoms with van der Waals surface area (Å²) in [6.45, 7) is 0.0367. The quantitative estimate of drug-likeness (QED) is 0.826. The molecular weight excluding hydrogens is 279 g/mol. The highest BCUT2D eigenvalue weighted by atomic mass is 32.1. The summed E-state index contributed by atoms with van der Waals surface area (Å²) in [5.41, 5.74) is 1.44. The Hall–Kier alpha value is -2.12. The first-order valence-corrected chi connectivity index (χ1v) is 6.79. The SMILES string of the molecule is N=C1C(c2nc(-c3ccc(F)cc3)cs2)C(=O)CN1N. The molecule has 1 aromatic heterocycles. The molecule has 2 heterocycles. The van der Waals surface area contributed by atoms with Crippen LogP contribution in [0.4, 0.5) is 4.39 Å². The van der Waals surface area contributed by atoms with Crippen LogP contribution in [-0.4, -0.2) is 28.2 Å². The first-order valence-electron chi connectivity index (χ1n) is 5.91. The van der Waals surface area contributed by atoms with E-state index in [0.717, 1.165) is 10.6 Å². The number of nitrogens with two attached hydrogens (primary N) is 1. The van der Waals surface area contributed by atoms with Gasteiger partial charge in [0, 0.05) is 10.9 Å². The van der Waals surface area contributed by atoms with Crippen molar-refractivity contribution in [1.82, 2.24) is 9.99 Å². The number of hydrogen-bond acceptors (Lipinski definition) is 5. The van der Waals surface area contributed by atoms with Gasteiger partial charge in [0.05, 0.1) is 12.2 Å². The van der Waals surface area contributed by atoms with Gasteiger partial charge < -0.3 is 0 Å². The molecule has 1 aromatic carbocycles. The summed E-state index contributed by atoms with van der Waals surface area (Å²) in [5.74, 6) is 4.50. The number of Topliss-reactive ketones (excluding diaryl/α,β-unsaturated/α-hetero) is 1. The van der Waals surface area contributed by atoms with Gasteiger partial charge in [-0.05, 0) is 24.3 Å². The van der Waals surface area contributed by atoms with E-state index in [1.165, 1.54) is 23.5 Å². The van der Waals surface area contributed by atoms with Crippen molar-refractivity contribution in [2.24, 2.45) is 5.84 Å². The Kier molecular flexibility index (Phi) is 3.07. The van der Waals surface area contributed by atoms with Crippen LogP contribution in [0, 0.1) is 11.2 Å². The van der Waals surface area contributed by atoms with E-state index in [0.29, 0.717) is 10.7 Å². The molecule has 3 N–H and O–H groups in total. The van der Waals surface area contributed by atoms with E-state index >= 15 is 0 Å². The van der Waals surface area contributed by atoms with Gasteiger partial charge >= 0.3 is 0 Å². The van der Waals surface area contributed by atoms with Crippen molar-refractivity contribution in [3.63, 3.8) is 0 Å². The topological polar surface area (TPSA) is 83.1 Å². The van der Waals surface area contributed by atoms with Crippen LogP contribution < -0.4 is 5.84 Å². The molecule has 7 heteroatoms. The van der Waals surface area contributed by atoms with Crippen molar-refractivity contribution in [3.05, 3.63) is 40.5 Å². The smallest absolute Gasteiger partial charge is 0.171 e. The van der Waals surface area contributed by atoms with Gasteiger partial charge in [-0.1, -0.05) is 0 Å². The van der Waals surface area contributed by atoms with Crippen LogP contribution in [0.1, 0.15) is 10.9 Å². The van der Waals surface area contributed by atoms with E-state index in [1.807, 2.05) is 0 Å². The summed E-state index contributed by atoms with van der Waals surface area (Å²) < 4.78 is 12.9. The molecule has 3 rings (SSSR count). The lowest BCUT2D eigenvalue weighted by molar-refractivity contribution is -0.117. The number of rotatable bonds is 2.